The number of benzene rings is 2. The highest BCUT2D eigenvalue weighted by Gasteiger charge is 2.32. The molecule has 58 heavy (non-hydrogen) atoms. The maximum atomic E-state index is 13.7. The van der Waals surface area contributed by atoms with Crippen molar-refractivity contribution in [2.75, 3.05) is 32.8 Å². The number of amides is 1. The highest BCUT2D eigenvalue weighted by atomic mass is 16.5. The number of esters is 2. The average molecular weight is 790 g/mol. The Hall–Kier alpha value is -6.78. The predicted octanol–water partition coefficient (Wildman–Crippen LogP) is 5.59. The molecule has 0 bridgehead atoms. The molecule has 6 aromatic rings. The van der Waals surface area contributed by atoms with E-state index < -0.39 is 11.9 Å². The first-order valence-electron chi connectivity index (χ1n) is 19.1. The third kappa shape index (κ3) is 6.75. The standard InChI is InChI=1S/C41H43N9O8/c1-7-47-30(13-22(3)45-47)32(51)19-35-42-28-15-24(39(53)55-5)17-33-36(28)49(35)26(20-57-33)11-9-10-12-27-21-58-34-18-25(40(54)56-6)16-29-37(34)50(27)41(43-29)44-38(52)31-14-23(4)46-48(31)8-2/h9-10,13-18,26-27H,7-8,11-12,19-21H2,1-6H3,(H,43,44,52)/b10-9+/t26-,27-/m0/s1. The Bertz CT molecular complexity index is 2480. The van der Waals surface area contributed by atoms with Gasteiger partial charge < -0.3 is 23.5 Å². The normalized spacial score (nSPS) is 15.8. The minimum Gasteiger partial charge on any atom is -0.489 e. The molecule has 1 N–H and O–H groups in total. The maximum absolute atomic E-state index is 13.7. The zero-order valence-electron chi connectivity index (χ0n) is 33.1. The number of carbonyl (C=O) groups excluding carboxylic acids is 4. The Kier molecular flexibility index (Phi) is 10.0. The molecule has 2 atom stereocenters. The van der Waals surface area contributed by atoms with Crippen LogP contribution in [0.2, 0.25) is 0 Å². The Morgan fingerprint density at radius 2 is 1.26 bits per heavy atom. The van der Waals surface area contributed by atoms with Crippen LogP contribution in [0.15, 0.2) is 48.6 Å². The first kappa shape index (κ1) is 38.1. The van der Waals surface area contributed by atoms with E-state index in [0.717, 1.165) is 11.4 Å². The molecule has 17 nitrogen and oxygen atoms in total. The second-order valence-electron chi connectivity index (χ2n) is 14.3. The van der Waals surface area contributed by atoms with Gasteiger partial charge in [-0.1, -0.05) is 12.2 Å². The van der Waals surface area contributed by atoms with Gasteiger partial charge in [-0.25, -0.2) is 19.6 Å². The van der Waals surface area contributed by atoms with Crippen LogP contribution in [0.5, 0.6) is 11.5 Å². The van der Waals surface area contributed by atoms with Gasteiger partial charge in [-0.3, -0.25) is 28.8 Å². The van der Waals surface area contributed by atoms with E-state index in [9.17, 15) is 19.2 Å². The fourth-order valence-corrected chi connectivity index (χ4v) is 7.84. The molecule has 0 aliphatic carbocycles. The lowest BCUT2D eigenvalue weighted by Gasteiger charge is -2.27. The Morgan fingerprint density at radius 1 is 0.741 bits per heavy atom. The molecule has 8 rings (SSSR count). The number of ketones is 1. The molecule has 1 amide bonds. The maximum Gasteiger partial charge on any atom is 0.338 e. The van der Waals surface area contributed by atoms with E-state index in [-0.39, 0.29) is 49.0 Å². The number of aryl methyl sites for hydroxylation is 4. The molecule has 2 aliphatic rings. The third-order valence-corrected chi connectivity index (χ3v) is 10.5. The molecule has 0 unspecified atom stereocenters. The van der Waals surface area contributed by atoms with Crippen molar-refractivity contribution < 1.29 is 38.1 Å². The van der Waals surface area contributed by atoms with E-state index >= 15 is 0 Å². The van der Waals surface area contributed by atoms with Crippen LogP contribution in [0.3, 0.4) is 0 Å². The molecule has 2 aliphatic heterocycles. The molecule has 2 aromatic carbocycles. The number of Topliss-reactive ketones (excluding diaryl/α,β-unsaturated/α-hetero) is 1. The molecular formula is C41H43N9O8. The van der Waals surface area contributed by atoms with Crippen LogP contribution in [0, 0.1) is 13.8 Å². The largest absolute Gasteiger partial charge is 0.489 e. The molecule has 0 saturated heterocycles. The number of aromatic nitrogens is 8. The van der Waals surface area contributed by atoms with Crippen molar-refractivity contribution in [2.24, 2.45) is 0 Å². The van der Waals surface area contributed by atoms with Gasteiger partial charge in [0.05, 0.1) is 66.3 Å². The summed E-state index contributed by atoms with van der Waals surface area (Å²) in [4.78, 5) is 62.0. The summed E-state index contributed by atoms with van der Waals surface area (Å²) in [5.41, 5.74) is 5.31. The van der Waals surface area contributed by atoms with Crippen molar-refractivity contribution in [3.05, 3.63) is 88.3 Å². The van der Waals surface area contributed by atoms with Crippen LogP contribution < -0.4 is 14.8 Å². The van der Waals surface area contributed by atoms with Crippen LogP contribution in [-0.2, 0) is 29.0 Å². The van der Waals surface area contributed by atoms with E-state index in [0.29, 0.717) is 88.2 Å². The number of allylic oxidation sites excluding steroid dienone is 2. The summed E-state index contributed by atoms with van der Waals surface area (Å²) >= 11 is 0. The lowest BCUT2D eigenvalue weighted by molar-refractivity contribution is 0.0591. The summed E-state index contributed by atoms with van der Waals surface area (Å²) in [6, 6.07) is 9.57. The van der Waals surface area contributed by atoms with Gasteiger partial charge in [0, 0.05) is 13.1 Å². The Morgan fingerprint density at radius 3 is 1.83 bits per heavy atom. The molecule has 0 saturated carbocycles. The Labute approximate surface area is 332 Å². The van der Waals surface area contributed by atoms with E-state index in [1.807, 2.05) is 42.9 Å². The first-order chi connectivity index (χ1) is 28.0. The van der Waals surface area contributed by atoms with Crippen molar-refractivity contribution in [3.8, 4) is 11.5 Å². The van der Waals surface area contributed by atoms with Crippen LogP contribution in [-0.4, -0.2) is 89.7 Å². The zero-order valence-corrected chi connectivity index (χ0v) is 33.1. The number of hydrogen-bond donors (Lipinski definition) is 1. The molecule has 0 fully saturated rings. The second kappa shape index (κ2) is 15.3. The van der Waals surface area contributed by atoms with E-state index in [4.69, 9.17) is 28.9 Å². The van der Waals surface area contributed by atoms with Crippen LogP contribution in [0.1, 0.15) is 97.7 Å². The number of ether oxygens (including phenoxy) is 4. The zero-order chi connectivity index (χ0) is 40.8. The van der Waals surface area contributed by atoms with Crippen molar-refractivity contribution in [1.29, 1.82) is 0 Å². The van der Waals surface area contributed by atoms with Gasteiger partial charge in [0.2, 0.25) is 5.95 Å². The van der Waals surface area contributed by atoms with Gasteiger partial charge in [0.1, 0.15) is 53.0 Å². The van der Waals surface area contributed by atoms with E-state index in [2.05, 4.69) is 21.6 Å². The molecular weight excluding hydrogens is 747 g/mol. The van der Waals surface area contributed by atoms with Crippen LogP contribution in [0.25, 0.3) is 22.1 Å². The predicted molar refractivity (Wildman–Crippen MR) is 211 cm³/mol. The van der Waals surface area contributed by atoms with Gasteiger partial charge in [-0.2, -0.15) is 10.2 Å². The molecule has 0 spiro atoms. The number of nitrogens with zero attached hydrogens (tertiary/aromatic N) is 8. The second-order valence-corrected chi connectivity index (χ2v) is 14.3. The highest BCUT2D eigenvalue weighted by Crippen LogP contribution is 2.40. The monoisotopic (exact) mass is 789 g/mol. The fraction of sp³-hybridized carbons (Fsp3) is 0.366. The number of carbonyl (C=O) groups is 4. The van der Waals surface area contributed by atoms with Gasteiger partial charge >= 0.3 is 11.9 Å². The van der Waals surface area contributed by atoms with E-state index in [1.54, 1.807) is 45.8 Å². The topological polar surface area (TPSA) is 189 Å². The fourth-order valence-electron chi connectivity index (χ4n) is 7.84. The van der Waals surface area contributed by atoms with Gasteiger partial charge in [-0.15, -0.1) is 0 Å². The first-order valence-corrected chi connectivity index (χ1v) is 19.1. The Balaban J connectivity index is 1.09. The van der Waals surface area contributed by atoms with Crippen molar-refractivity contribution in [1.82, 2.24) is 38.7 Å². The lowest BCUT2D eigenvalue weighted by atomic mass is 10.1. The number of rotatable bonds is 13. The summed E-state index contributed by atoms with van der Waals surface area (Å²) < 4.78 is 29.7. The molecule has 17 heteroatoms. The SMILES string of the molecule is CCn1nc(C)cc1C(=O)Cc1nc2cc(C(=O)OC)cc3c2n1[C@@H](C/C=C/C[C@H]1COc2cc(C(=O)OC)cc4nc(NC(=O)c5cc(C)nn5CC)n1c24)CO3. The van der Waals surface area contributed by atoms with Crippen molar-refractivity contribution in [3.63, 3.8) is 0 Å². The molecule has 6 heterocycles. The molecule has 4 aromatic heterocycles. The van der Waals surface area contributed by atoms with Crippen molar-refractivity contribution >= 4 is 51.6 Å². The van der Waals surface area contributed by atoms with Gasteiger partial charge in [0.15, 0.2) is 5.78 Å². The van der Waals surface area contributed by atoms with Crippen LogP contribution in [0.4, 0.5) is 5.95 Å². The summed E-state index contributed by atoms with van der Waals surface area (Å²) in [6.07, 6.45) is 5.17. The minimum atomic E-state index is -0.530. The minimum absolute atomic E-state index is 0.0211. The average Bonchev–Trinajstić information content (AvgIpc) is 4.00. The van der Waals surface area contributed by atoms with Crippen LogP contribution >= 0.6 is 0 Å². The number of hydrogen-bond acceptors (Lipinski definition) is 12. The lowest BCUT2D eigenvalue weighted by Crippen LogP contribution is -2.26. The third-order valence-electron chi connectivity index (χ3n) is 10.5. The number of anilines is 1. The number of methoxy groups -OCH3 is 2. The van der Waals surface area contributed by atoms with Crippen molar-refractivity contribution in [2.45, 2.75) is 72.1 Å². The summed E-state index contributed by atoms with van der Waals surface area (Å²) in [5, 5.41) is 11.9. The summed E-state index contributed by atoms with van der Waals surface area (Å²) in [7, 11) is 2.63. The van der Waals surface area contributed by atoms with Gasteiger partial charge in [0.25, 0.3) is 5.91 Å². The summed E-state index contributed by atoms with van der Waals surface area (Å²) in [6.45, 7) is 9.11. The van der Waals surface area contributed by atoms with Gasteiger partial charge in [-0.05, 0) is 76.9 Å². The smallest absolute Gasteiger partial charge is 0.338 e. The molecule has 0 radical (unpaired) electrons. The number of imidazole rings is 2. The van der Waals surface area contributed by atoms with E-state index in [1.165, 1.54) is 14.2 Å². The number of nitrogens with one attached hydrogen (secondary N) is 1. The quantitative estimate of drug-likeness (QED) is 0.0869. The summed E-state index contributed by atoms with van der Waals surface area (Å²) in [5.74, 6) is 0.277. The highest BCUT2D eigenvalue weighted by molar-refractivity contribution is 6.04. The molecule has 300 valence electrons.